The molecule has 0 N–H and O–H groups in total. The van der Waals surface area contributed by atoms with Crippen molar-refractivity contribution in [1.82, 2.24) is 27.4 Å². The first-order chi connectivity index (χ1) is 60.2. The summed E-state index contributed by atoms with van der Waals surface area (Å²) in [7, 11) is 13.8. The molecule has 0 atom stereocenters. The number of hydrogen-bond donors (Lipinski definition) is 0. The Bertz CT molecular complexity index is 8220. The van der Waals surface area contributed by atoms with Gasteiger partial charge in [-0.05, 0) is 564 Å². The first-order valence-corrected chi connectivity index (χ1v) is 48.0. The fourth-order valence-corrected chi connectivity index (χ4v) is 26.2. The fourth-order valence-electron chi connectivity index (χ4n) is 26.2. The van der Waals surface area contributed by atoms with Crippen LogP contribution in [0.1, 0.15) is 267 Å². The van der Waals surface area contributed by atoms with Crippen LogP contribution in [0.4, 0.5) is 0 Å². The van der Waals surface area contributed by atoms with Crippen LogP contribution >= 0.6 is 0 Å². The first-order valence-electron chi connectivity index (χ1n) is 48.0. The van der Waals surface area contributed by atoms with Gasteiger partial charge in [0, 0.05) is 120 Å². The smallest absolute Gasteiger partial charge is 0.0530 e. The van der Waals surface area contributed by atoms with E-state index in [2.05, 4.69) is 360 Å². The standard InChI is InChI=1S/3C41H50N2/c1-18-21(4)29(12)39-34(25(18)8)36-27(10)22(5)23(6)33(41(36)43(39)16)17-32-24(7)30(13)40-37(31(32)14)35-26(9)19(2)20(3)28(11)38(35)42(40)15;1-18-20(3)28(11)38-34(25(18)8)35-27(10)24(7)32(31(14)41(35)43(38)16)17-33-23(6)22(5)30(13)40-37(33)36-26(9)19(2)21(4)29(12)39(36)42(40)15;1-18-20(3)29(12)38-34(25(18)8)36-28(11)24(7)32(31(14)40(36)42(38)15)17-33-23(6)22(5)27(10)37-35-26(9)19(2)21(4)30(13)39(35)43(16)41(33)37/h3*17H2,1-16H3. The molecule has 0 amide bonds. The lowest BCUT2D eigenvalue weighted by Gasteiger charge is -2.20. The van der Waals surface area contributed by atoms with Crippen LogP contribution in [-0.4, -0.2) is 27.4 Å². The van der Waals surface area contributed by atoms with Gasteiger partial charge in [0.2, 0.25) is 0 Å². The third kappa shape index (κ3) is 12.0. The van der Waals surface area contributed by atoms with Gasteiger partial charge in [0.25, 0.3) is 0 Å². The summed E-state index contributed by atoms with van der Waals surface area (Å²) in [5.41, 5.74) is 85.6. The van der Waals surface area contributed by atoms with Crippen LogP contribution in [-0.2, 0) is 61.5 Å². The zero-order chi connectivity index (χ0) is 95.2. The second-order valence-electron chi connectivity index (χ2n) is 41.7. The minimum atomic E-state index is 0.940. The summed E-state index contributed by atoms with van der Waals surface area (Å²) < 4.78 is 15.0. The van der Waals surface area contributed by atoms with Gasteiger partial charge in [0.1, 0.15) is 0 Å². The number of hydrogen-bond acceptors (Lipinski definition) is 0. The normalized spacial score (nSPS) is 12.3. The average molecular weight is 1710 g/mol. The van der Waals surface area contributed by atoms with Crippen molar-refractivity contribution < 1.29 is 0 Å². The quantitative estimate of drug-likeness (QED) is 0.159. The molecule has 18 aromatic rings. The van der Waals surface area contributed by atoms with E-state index >= 15 is 0 Å². The van der Waals surface area contributed by atoms with Gasteiger partial charge in [0.15, 0.2) is 0 Å². The van der Waals surface area contributed by atoms with Gasteiger partial charge in [0.05, 0.1) is 66.2 Å². The van der Waals surface area contributed by atoms with E-state index in [0.29, 0.717) is 0 Å². The fraction of sp³-hybridized carbons (Fsp3) is 0.415. The highest BCUT2D eigenvalue weighted by Crippen LogP contribution is 2.52. The molecule has 18 rings (SSSR count). The van der Waals surface area contributed by atoms with E-state index in [1.165, 1.54) is 398 Å². The molecule has 0 aliphatic carbocycles. The molecule has 0 saturated heterocycles. The van der Waals surface area contributed by atoms with E-state index in [4.69, 9.17) is 0 Å². The maximum atomic E-state index is 2.53. The summed E-state index contributed by atoms with van der Waals surface area (Å²) in [5, 5.41) is 17.4. The van der Waals surface area contributed by atoms with Crippen molar-refractivity contribution >= 4 is 131 Å². The molecule has 0 aliphatic rings. The molecule has 0 saturated carbocycles. The number of nitrogens with zero attached hydrogens (tertiary/aromatic N) is 6. The summed E-state index contributed by atoms with van der Waals surface area (Å²) in [4.78, 5) is 0. The van der Waals surface area contributed by atoms with Crippen molar-refractivity contribution in [3.8, 4) is 0 Å². The Morgan fingerprint density at radius 3 is 0.450 bits per heavy atom. The van der Waals surface area contributed by atoms with Gasteiger partial charge >= 0.3 is 0 Å². The lowest BCUT2D eigenvalue weighted by Crippen LogP contribution is -2.06. The Balaban J connectivity index is 0.000000142. The minimum absolute atomic E-state index is 0.940. The Morgan fingerprint density at radius 2 is 0.209 bits per heavy atom. The van der Waals surface area contributed by atoms with Gasteiger partial charge in [-0.1, -0.05) is 0 Å². The zero-order valence-corrected chi connectivity index (χ0v) is 88.8. The van der Waals surface area contributed by atoms with Crippen molar-refractivity contribution in [3.63, 3.8) is 0 Å². The molecule has 6 heterocycles. The maximum absolute atomic E-state index is 2.53. The summed E-state index contributed by atoms with van der Waals surface area (Å²) in [5.74, 6) is 0. The molecular weight excluding hydrogens is 1560 g/mol. The van der Waals surface area contributed by atoms with Crippen molar-refractivity contribution in [2.24, 2.45) is 42.3 Å². The Kier molecular flexibility index (Phi) is 22.1. The number of benzene rings is 12. The predicted octanol–water partition coefficient (Wildman–Crippen LogP) is 32.7. The highest BCUT2D eigenvalue weighted by Gasteiger charge is 2.34. The highest BCUT2D eigenvalue weighted by molar-refractivity contribution is 6.21. The maximum Gasteiger partial charge on any atom is 0.0530 e. The second-order valence-corrected chi connectivity index (χ2v) is 41.7. The molecule has 0 fully saturated rings. The van der Waals surface area contributed by atoms with Crippen molar-refractivity contribution in [2.75, 3.05) is 0 Å². The first kappa shape index (κ1) is 91.7. The van der Waals surface area contributed by atoms with Gasteiger partial charge in [-0.3, -0.25) is 0 Å². The molecule has 129 heavy (non-hydrogen) atoms. The average Bonchev–Trinajstić information content (AvgIpc) is 1.55. The molecule has 0 aliphatic heterocycles. The molecule has 0 bridgehead atoms. The molecule has 0 radical (unpaired) electrons. The van der Waals surface area contributed by atoms with Crippen molar-refractivity contribution in [1.29, 1.82) is 0 Å². The second kappa shape index (κ2) is 31.1. The number of aromatic nitrogens is 6. The van der Waals surface area contributed by atoms with Crippen molar-refractivity contribution in [2.45, 2.75) is 310 Å². The molecule has 12 aromatic carbocycles. The van der Waals surface area contributed by atoms with Crippen molar-refractivity contribution in [3.05, 3.63) is 267 Å². The van der Waals surface area contributed by atoms with Gasteiger partial charge < -0.3 is 27.4 Å². The molecule has 6 aromatic heterocycles. The van der Waals surface area contributed by atoms with Gasteiger partial charge in [-0.2, -0.15) is 0 Å². The van der Waals surface area contributed by atoms with E-state index in [1.807, 2.05) is 0 Å². The molecule has 0 spiro atoms. The highest BCUT2D eigenvalue weighted by atomic mass is 15.0. The van der Waals surface area contributed by atoms with E-state index in [9.17, 15) is 0 Å². The van der Waals surface area contributed by atoms with Crippen LogP contribution in [0.25, 0.3) is 131 Å². The third-order valence-corrected chi connectivity index (χ3v) is 37.2. The van der Waals surface area contributed by atoms with Gasteiger partial charge in [-0.15, -0.1) is 0 Å². The van der Waals surface area contributed by atoms with E-state index < -0.39 is 0 Å². The molecule has 6 heteroatoms. The summed E-state index contributed by atoms with van der Waals surface area (Å²) in [6.07, 6.45) is 2.83. The molecule has 6 nitrogen and oxygen atoms in total. The lowest BCUT2D eigenvalue weighted by molar-refractivity contribution is 0.974. The van der Waals surface area contributed by atoms with E-state index in [1.54, 1.807) is 0 Å². The number of aryl methyl sites for hydroxylation is 27. The SMILES string of the molecule is Cc1c(C)c(C)c2c(c1C)c1c(C)c(C)c(Cc3c(C)c(C)c(C)c4c3c3c(C)c(C)c(C)c(C)c3n4C)c(C)c1n2C.Cc1c(C)c(C)c2c(c1C)c1c(C)c(C)c(Cc3c(C)c(C)c(C)c4c5c(C)c(C)c(C)c(C)c5n(C)c34)c(C)c1n2C.Cc1c(C)c(C)c2c(c1C)c1c(C)c(Cc3c(C)c(C)c(C)c4c5c(C)c(C)c(C)c(C)c5n(C)c34)c(C)c(C)c1n2C. The van der Waals surface area contributed by atoms with Crippen LogP contribution in [0, 0.1) is 291 Å². The van der Waals surface area contributed by atoms with Gasteiger partial charge in [-0.25, -0.2) is 0 Å². The summed E-state index contributed by atoms with van der Waals surface area (Å²) in [6.45, 7) is 97.8. The van der Waals surface area contributed by atoms with Crippen LogP contribution in [0.3, 0.4) is 0 Å². The van der Waals surface area contributed by atoms with Crippen LogP contribution < -0.4 is 0 Å². The van der Waals surface area contributed by atoms with E-state index in [0.717, 1.165) is 19.3 Å². The summed E-state index contributed by atoms with van der Waals surface area (Å²) in [6, 6.07) is 0. The zero-order valence-electron chi connectivity index (χ0n) is 88.8. The summed E-state index contributed by atoms with van der Waals surface area (Å²) >= 11 is 0. The Morgan fingerprint density at radius 1 is 0.0930 bits per heavy atom. The minimum Gasteiger partial charge on any atom is -0.343 e. The third-order valence-electron chi connectivity index (χ3n) is 37.2. The van der Waals surface area contributed by atoms with Crippen LogP contribution in [0.2, 0.25) is 0 Å². The number of fused-ring (bicyclic) bond motifs is 18. The van der Waals surface area contributed by atoms with Crippen LogP contribution in [0.15, 0.2) is 0 Å². The Labute approximate surface area is 772 Å². The largest absolute Gasteiger partial charge is 0.343 e. The molecule has 0 unspecified atom stereocenters. The molecular formula is C123H150N6. The molecule has 672 valence electrons. The van der Waals surface area contributed by atoms with Crippen LogP contribution in [0.5, 0.6) is 0 Å². The predicted molar refractivity (Wildman–Crippen MR) is 570 cm³/mol. The topological polar surface area (TPSA) is 29.6 Å². The monoisotopic (exact) mass is 1710 g/mol. The van der Waals surface area contributed by atoms with E-state index in [-0.39, 0.29) is 0 Å². The Hall–Kier alpha value is -10.6. The lowest BCUT2D eigenvalue weighted by atomic mass is 9.84. The number of rotatable bonds is 6.